The number of piperidine rings is 1. The van der Waals surface area contributed by atoms with Crippen molar-refractivity contribution in [1.82, 2.24) is 10.2 Å². The fourth-order valence-corrected chi connectivity index (χ4v) is 4.29. The third-order valence-electron chi connectivity index (χ3n) is 5.78. The maximum absolute atomic E-state index is 13.0. The molecule has 0 radical (unpaired) electrons. The lowest BCUT2D eigenvalue weighted by Gasteiger charge is -2.33. The molecular formula is C23H26ClN3O3. The number of benzene rings is 2. The average Bonchev–Trinajstić information content (AvgIpc) is 2.74. The predicted octanol–water partition coefficient (Wildman–Crippen LogP) is 3.48. The Morgan fingerprint density at radius 2 is 1.90 bits per heavy atom. The highest BCUT2D eigenvalue weighted by Crippen LogP contribution is 2.39. The van der Waals surface area contributed by atoms with Gasteiger partial charge in [0.25, 0.3) is 11.8 Å². The Kier molecular flexibility index (Phi) is 5.97. The molecule has 1 N–H and O–H groups in total. The molecule has 0 aromatic heterocycles. The molecule has 0 bridgehead atoms. The summed E-state index contributed by atoms with van der Waals surface area (Å²) in [6.07, 6.45) is 1.13. The van der Waals surface area contributed by atoms with Crippen LogP contribution in [-0.4, -0.2) is 49.0 Å². The van der Waals surface area contributed by atoms with E-state index in [-0.39, 0.29) is 17.9 Å². The van der Waals surface area contributed by atoms with Crippen molar-refractivity contribution in [2.75, 3.05) is 25.0 Å². The smallest absolute Gasteiger partial charge is 0.267 e. The van der Waals surface area contributed by atoms with Gasteiger partial charge >= 0.3 is 0 Å². The number of carbonyl (C=O) groups excluding carboxylic acids is 2. The highest BCUT2D eigenvalue weighted by atomic mass is 35.5. The first-order chi connectivity index (χ1) is 14.4. The SMILES string of the molecule is CC1Oc2c(C(=O)NC3CCN(Cc4ccccc4)CC3)cc(Cl)cc2N(C)C1=O. The van der Waals surface area contributed by atoms with Gasteiger partial charge in [0.15, 0.2) is 11.9 Å². The van der Waals surface area contributed by atoms with Crippen molar-refractivity contribution in [1.29, 1.82) is 0 Å². The lowest BCUT2D eigenvalue weighted by molar-refractivity contribution is -0.125. The number of amides is 2. The minimum absolute atomic E-state index is 0.0968. The van der Waals surface area contributed by atoms with Gasteiger partial charge in [-0.05, 0) is 37.5 Å². The molecule has 4 rings (SSSR count). The monoisotopic (exact) mass is 427 g/mol. The summed E-state index contributed by atoms with van der Waals surface area (Å²) in [6.45, 7) is 4.46. The van der Waals surface area contributed by atoms with Gasteiger partial charge in [0.2, 0.25) is 0 Å². The number of nitrogens with one attached hydrogen (secondary N) is 1. The molecule has 7 heteroatoms. The normalized spacial score (nSPS) is 19.9. The number of rotatable bonds is 4. The topological polar surface area (TPSA) is 61.9 Å². The van der Waals surface area contributed by atoms with E-state index < -0.39 is 6.10 Å². The number of nitrogens with zero attached hydrogens (tertiary/aromatic N) is 2. The average molecular weight is 428 g/mol. The standard InChI is InChI=1S/C23H26ClN3O3/c1-15-23(29)26(2)20-13-17(24)12-19(21(20)30-15)22(28)25-18-8-10-27(11-9-18)14-16-6-4-3-5-7-16/h3-7,12-13,15,18H,8-11,14H2,1-2H3,(H,25,28). The van der Waals surface area contributed by atoms with Crippen LogP contribution >= 0.6 is 11.6 Å². The van der Waals surface area contributed by atoms with Gasteiger partial charge in [-0.3, -0.25) is 14.5 Å². The number of carbonyl (C=O) groups is 2. The van der Waals surface area contributed by atoms with Crippen molar-refractivity contribution in [3.8, 4) is 5.75 Å². The van der Waals surface area contributed by atoms with Crippen LogP contribution in [0.1, 0.15) is 35.7 Å². The first-order valence-corrected chi connectivity index (χ1v) is 10.6. The van der Waals surface area contributed by atoms with E-state index in [4.69, 9.17) is 16.3 Å². The van der Waals surface area contributed by atoms with E-state index >= 15 is 0 Å². The highest BCUT2D eigenvalue weighted by molar-refractivity contribution is 6.31. The minimum atomic E-state index is -0.642. The number of halogens is 1. The van der Waals surface area contributed by atoms with Crippen LogP contribution in [0.4, 0.5) is 5.69 Å². The Balaban J connectivity index is 1.42. The first kappa shape index (κ1) is 20.7. The quantitative estimate of drug-likeness (QED) is 0.811. The third kappa shape index (κ3) is 4.30. The molecule has 6 nitrogen and oxygen atoms in total. The maximum atomic E-state index is 13.0. The summed E-state index contributed by atoms with van der Waals surface area (Å²) < 4.78 is 5.78. The van der Waals surface area contributed by atoms with E-state index in [0.717, 1.165) is 32.5 Å². The predicted molar refractivity (Wildman–Crippen MR) is 117 cm³/mol. The van der Waals surface area contributed by atoms with Crippen molar-refractivity contribution in [3.63, 3.8) is 0 Å². The Morgan fingerprint density at radius 3 is 2.60 bits per heavy atom. The number of ether oxygens (including phenoxy) is 1. The van der Waals surface area contributed by atoms with Gasteiger partial charge in [-0.25, -0.2) is 0 Å². The fourth-order valence-electron chi connectivity index (χ4n) is 4.08. The van der Waals surface area contributed by atoms with Crippen LogP contribution in [0.3, 0.4) is 0 Å². The van der Waals surface area contributed by atoms with Gasteiger partial charge in [-0.2, -0.15) is 0 Å². The lowest BCUT2D eigenvalue weighted by atomic mass is 10.0. The number of hydrogen-bond acceptors (Lipinski definition) is 4. The summed E-state index contributed by atoms with van der Waals surface area (Å²) in [6, 6.07) is 13.8. The fraction of sp³-hybridized carbons (Fsp3) is 0.391. The number of hydrogen-bond donors (Lipinski definition) is 1. The molecular weight excluding hydrogens is 402 g/mol. The van der Waals surface area contributed by atoms with Crippen molar-refractivity contribution < 1.29 is 14.3 Å². The summed E-state index contributed by atoms with van der Waals surface area (Å²) >= 11 is 6.23. The Bertz CT molecular complexity index is 942. The molecule has 2 aromatic carbocycles. The number of likely N-dealkylation sites (tertiary alicyclic amines) is 1. The van der Waals surface area contributed by atoms with E-state index in [9.17, 15) is 9.59 Å². The minimum Gasteiger partial charge on any atom is -0.478 e. The van der Waals surface area contributed by atoms with E-state index in [2.05, 4.69) is 34.5 Å². The Morgan fingerprint density at radius 1 is 1.20 bits per heavy atom. The third-order valence-corrected chi connectivity index (χ3v) is 6.00. The summed E-state index contributed by atoms with van der Waals surface area (Å²) in [7, 11) is 1.67. The second kappa shape index (κ2) is 8.66. The second-order valence-electron chi connectivity index (χ2n) is 7.97. The molecule has 0 spiro atoms. The molecule has 1 unspecified atom stereocenters. The van der Waals surface area contributed by atoms with E-state index in [1.54, 1.807) is 26.1 Å². The van der Waals surface area contributed by atoms with E-state index in [1.807, 2.05) is 6.07 Å². The molecule has 1 fully saturated rings. The molecule has 1 atom stereocenters. The molecule has 30 heavy (non-hydrogen) atoms. The van der Waals surface area contributed by atoms with Crippen LogP contribution in [0.15, 0.2) is 42.5 Å². The van der Waals surface area contributed by atoms with E-state index in [0.29, 0.717) is 22.0 Å². The highest BCUT2D eigenvalue weighted by Gasteiger charge is 2.33. The van der Waals surface area contributed by atoms with Crippen molar-refractivity contribution >= 4 is 29.1 Å². The molecule has 2 amide bonds. The maximum Gasteiger partial charge on any atom is 0.267 e. The molecule has 2 aliphatic rings. The molecule has 158 valence electrons. The second-order valence-corrected chi connectivity index (χ2v) is 8.40. The van der Waals surface area contributed by atoms with Crippen LogP contribution < -0.4 is 15.0 Å². The Labute approximate surface area is 181 Å². The summed E-state index contributed by atoms with van der Waals surface area (Å²) in [5.74, 6) is 0.0279. The van der Waals surface area contributed by atoms with Gasteiger partial charge in [0, 0.05) is 37.7 Å². The van der Waals surface area contributed by atoms with Crippen LogP contribution in [0.25, 0.3) is 0 Å². The van der Waals surface area contributed by atoms with Crippen LogP contribution in [0.5, 0.6) is 5.75 Å². The van der Waals surface area contributed by atoms with Gasteiger partial charge in [0.05, 0.1) is 11.3 Å². The zero-order chi connectivity index (χ0) is 21.3. The van der Waals surface area contributed by atoms with Crippen molar-refractivity contribution in [2.24, 2.45) is 0 Å². The summed E-state index contributed by atoms with van der Waals surface area (Å²) in [4.78, 5) is 29.2. The van der Waals surface area contributed by atoms with Gasteiger partial charge in [0.1, 0.15) is 0 Å². The first-order valence-electron chi connectivity index (χ1n) is 10.3. The molecule has 2 aliphatic heterocycles. The summed E-state index contributed by atoms with van der Waals surface area (Å²) in [5.41, 5.74) is 2.19. The largest absolute Gasteiger partial charge is 0.478 e. The summed E-state index contributed by atoms with van der Waals surface area (Å²) in [5, 5.41) is 3.53. The van der Waals surface area contributed by atoms with Crippen LogP contribution in [-0.2, 0) is 11.3 Å². The zero-order valence-electron chi connectivity index (χ0n) is 17.2. The lowest BCUT2D eigenvalue weighted by Crippen LogP contribution is -2.45. The van der Waals surface area contributed by atoms with Gasteiger partial charge in [-0.15, -0.1) is 0 Å². The van der Waals surface area contributed by atoms with Crippen LogP contribution in [0.2, 0.25) is 5.02 Å². The zero-order valence-corrected chi connectivity index (χ0v) is 18.0. The number of likely N-dealkylation sites (N-methyl/N-ethyl adjacent to an activating group) is 1. The number of anilines is 1. The van der Waals surface area contributed by atoms with Gasteiger partial charge in [-0.1, -0.05) is 41.9 Å². The molecule has 0 aliphatic carbocycles. The van der Waals surface area contributed by atoms with Crippen molar-refractivity contribution in [2.45, 2.75) is 38.5 Å². The van der Waals surface area contributed by atoms with Crippen molar-refractivity contribution in [3.05, 3.63) is 58.6 Å². The van der Waals surface area contributed by atoms with Crippen LogP contribution in [0, 0.1) is 0 Å². The van der Waals surface area contributed by atoms with Gasteiger partial charge < -0.3 is 15.0 Å². The number of fused-ring (bicyclic) bond motifs is 1. The molecule has 2 heterocycles. The Hall–Kier alpha value is -2.57. The molecule has 0 saturated carbocycles. The van der Waals surface area contributed by atoms with E-state index in [1.165, 1.54) is 10.5 Å². The molecule has 1 saturated heterocycles. The molecule has 2 aromatic rings.